The Balaban J connectivity index is 1.39. The third-order valence-electron chi connectivity index (χ3n) is 5.32. The highest BCUT2D eigenvalue weighted by molar-refractivity contribution is 6.31. The molecule has 5 rings (SSSR count). The van der Waals surface area contributed by atoms with E-state index in [0.29, 0.717) is 27.4 Å². The summed E-state index contributed by atoms with van der Waals surface area (Å²) in [6.45, 7) is 0. The van der Waals surface area contributed by atoms with Gasteiger partial charge < -0.3 is 10.3 Å². The number of halogens is 1. The van der Waals surface area contributed by atoms with E-state index in [0.717, 1.165) is 22.4 Å². The third kappa shape index (κ3) is 4.27. The normalized spacial score (nSPS) is 10.8. The molecular formula is C27H18ClN3O2. The highest BCUT2D eigenvalue weighted by Crippen LogP contribution is 2.25. The molecule has 1 aromatic heterocycles. The minimum Gasteiger partial charge on any atom is -0.338 e. The predicted molar refractivity (Wildman–Crippen MR) is 131 cm³/mol. The number of imidazole rings is 1. The molecule has 0 aliphatic rings. The zero-order chi connectivity index (χ0) is 22.8. The molecule has 0 spiro atoms. The summed E-state index contributed by atoms with van der Waals surface area (Å²) in [4.78, 5) is 33.8. The number of anilines is 1. The lowest BCUT2D eigenvalue weighted by Gasteiger charge is -2.11. The average Bonchev–Trinajstić information content (AvgIpc) is 3.30. The molecule has 0 aliphatic carbocycles. The van der Waals surface area contributed by atoms with Crippen LogP contribution >= 0.6 is 11.6 Å². The smallest absolute Gasteiger partial charge is 0.255 e. The number of nitrogens with zero attached hydrogens (tertiary/aromatic N) is 1. The van der Waals surface area contributed by atoms with Crippen molar-refractivity contribution >= 4 is 40.0 Å². The van der Waals surface area contributed by atoms with Gasteiger partial charge in [-0.15, -0.1) is 0 Å². The van der Waals surface area contributed by atoms with Gasteiger partial charge in [-0.25, -0.2) is 4.98 Å². The summed E-state index contributed by atoms with van der Waals surface area (Å²) in [6, 6.07) is 28.7. The SMILES string of the molecule is O=C(Nc1ccc(Cl)cc1C(=O)c1ccccc1)c1ccc(-c2nc3ccccc3[nH]2)cc1. The standard InChI is InChI=1S/C27H18ClN3O2/c28-20-14-15-22(21(16-20)25(32)17-6-2-1-3-7-17)31-27(33)19-12-10-18(11-13-19)26-29-23-8-4-5-9-24(23)30-26/h1-16H,(H,29,30)(H,31,33). The molecule has 0 atom stereocenters. The zero-order valence-electron chi connectivity index (χ0n) is 17.4. The number of aromatic nitrogens is 2. The van der Waals surface area contributed by atoms with Gasteiger partial charge in [-0.1, -0.05) is 66.2 Å². The van der Waals surface area contributed by atoms with E-state index in [1.165, 1.54) is 0 Å². The van der Waals surface area contributed by atoms with E-state index >= 15 is 0 Å². The summed E-state index contributed by atoms with van der Waals surface area (Å²) in [6.07, 6.45) is 0. The minimum absolute atomic E-state index is 0.214. The Kier molecular flexibility index (Phi) is 5.47. The molecular weight excluding hydrogens is 434 g/mol. The van der Waals surface area contributed by atoms with Crippen LogP contribution < -0.4 is 5.32 Å². The van der Waals surface area contributed by atoms with Crippen LogP contribution in [0.5, 0.6) is 0 Å². The molecule has 0 saturated carbocycles. The van der Waals surface area contributed by atoms with Crippen LogP contribution in [-0.4, -0.2) is 21.7 Å². The van der Waals surface area contributed by atoms with Crippen molar-refractivity contribution in [1.29, 1.82) is 0 Å². The molecule has 0 fully saturated rings. The Morgan fingerprint density at radius 3 is 2.27 bits per heavy atom. The monoisotopic (exact) mass is 451 g/mol. The first kappa shape index (κ1) is 20.7. The fourth-order valence-electron chi connectivity index (χ4n) is 3.62. The highest BCUT2D eigenvalue weighted by atomic mass is 35.5. The van der Waals surface area contributed by atoms with Gasteiger partial charge in [0.25, 0.3) is 5.91 Å². The van der Waals surface area contributed by atoms with Crippen LogP contribution in [0, 0.1) is 0 Å². The minimum atomic E-state index is -0.324. The van der Waals surface area contributed by atoms with Gasteiger partial charge in [-0.2, -0.15) is 0 Å². The first-order chi connectivity index (χ1) is 16.1. The molecule has 0 radical (unpaired) electrons. The van der Waals surface area contributed by atoms with Gasteiger partial charge in [-0.05, 0) is 42.5 Å². The number of ketones is 1. The highest BCUT2D eigenvalue weighted by Gasteiger charge is 2.17. The summed E-state index contributed by atoms with van der Waals surface area (Å²) in [5.41, 5.74) is 4.42. The Hall–Kier alpha value is -4.22. The van der Waals surface area contributed by atoms with Crippen molar-refractivity contribution in [2.75, 3.05) is 5.32 Å². The third-order valence-corrected chi connectivity index (χ3v) is 5.56. The van der Waals surface area contributed by atoms with Crippen molar-refractivity contribution in [2.45, 2.75) is 0 Å². The molecule has 5 aromatic rings. The number of nitrogens with one attached hydrogen (secondary N) is 2. The Bertz CT molecular complexity index is 1440. The molecule has 0 unspecified atom stereocenters. The first-order valence-electron chi connectivity index (χ1n) is 10.3. The molecule has 1 amide bonds. The molecule has 4 aromatic carbocycles. The summed E-state index contributed by atoms with van der Waals surface area (Å²) in [5, 5.41) is 3.26. The molecule has 0 aliphatic heterocycles. The summed E-state index contributed by atoms with van der Waals surface area (Å²) < 4.78 is 0. The Morgan fingerprint density at radius 1 is 0.788 bits per heavy atom. The summed E-state index contributed by atoms with van der Waals surface area (Å²) in [7, 11) is 0. The van der Waals surface area contributed by atoms with Gasteiger partial charge in [0.15, 0.2) is 5.78 Å². The number of fused-ring (bicyclic) bond motifs is 1. The van der Waals surface area contributed by atoms with Crippen molar-refractivity contribution in [1.82, 2.24) is 9.97 Å². The van der Waals surface area contributed by atoms with E-state index in [1.54, 1.807) is 54.6 Å². The fourth-order valence-corrected chi connectivity index (χ4v) is 3.79. The molecule has 6 heteroatoms. The number of amides is 1. The van der Waals surface area contributed by atoms with Gasteiger partial charge in [-0.3, -0.25) is 9.59 Å². The van der Waals surface area contributed by atoms with Crippen LogP contribution in [-0.2, 0) is 0 Å². The van der Waals surface area contributed by atoms with Crippen LogP contribution in [0.15, 0.2) is 97.1 Å². The van der Waals surface area contributed by atoms with E-state index < -0.39 is 0 Å². The van der Waals surface area contributed by atoms with E-state index in [9.17, 15) is 9.59 Å². The largest absolute Gasteiger partial charge is 0.338 e. The van der Waals surface area contributed by atoms with E-state index in [-0.39, 0.29) is 11.7 Å². The van der Waals surface area contributed by atoms with Crippen molar-refractivity contribution in [2.24, 2.45) is 0 Å². The number of hydrogen-bond acceptors (Lipinski definition) is 3. The number of H-pyrrole nitrogens is 1. The van der Waals surface area contributed by atoms with Crippen LogP contribution in [0.2, 0.25) is 5.02 Å². The van der Waals surface area contributed by atoms with Gasteiger partial charge in [0, 0.05) is 27.3 Å². The Labute approximate surface area is 195 Å². The molecule has 160 valence electrons. The topological polar surface area (TPSA) is 74.8 Å². The zero-order valence-corrected chi connectivity index (χ0v) is 18.1. The van der Waals surface area contributed by atoms with Gasteiger partial charge >= 0.3 is 0 Å². The average molecular weight is 452 g/mol. The maximum absolute atomic E-state index is 13.0. The maximum atomic E-state index is 13.0. The first-order valence-corrected chi connectivity index (χ1v) is 10.7. The number of aromatic amines is 1. The predicted octanol–water partition coefficient (Wildman–Crippen LogP) is 6.37. The summed E-state index contributed by atoms with van der Waals surface area (Å²) >= 11 is 6.13. The van der Waals surface area contributed by atoms with Crippen LogP contribution in [0.1, 0.15) is 26.3 Å². The van der Waals surface area contributed by atoms with Crippen molar-refractivity contribution in [3.63, 3.8) is 0 Å². The second-order valence-electron chi connectivity index (χ2n) is 7.52. The molecule has 2 N–H and O–H groups in total. The molecule has 1 heterocycles. The summed E-state index contributed by atoms with van der Waals surface area (Å²) in [5.74, 6) is 0.195. The number of carbonyl (C=O) groups is 2. The molecule has 0 bridgehead atoms. The van der Waals surface area contributed by atoms with Crippen molar-refractivity contribution in [3.05, 3.63) is 119 Å². The fraction of sp³-hybridized carbons (Fsp3) is 0. The van der Waals surface area contributed by atoms with E-state index in [4.69, 9.17) is 11.6 Å². The van der Waals surface area contributed by atoms with Crippen LogP contribution in [0.25, 0.3) is 22.4 Å². The van der Waals surface area contributed by atoms with E-state index in [1.807, 2.05) is 42.5 Å². The van der Waals surface area contributed by atoms with Gasteiger partial charge in [0.2, 0.25) is 0 Å². The number of benzene rings is 4. The second kappa shape index (κ2) is 8.73. The number of rotatable bonds is 5. The molecule has 0 saturated heterocycles. The second-order valence-corrected chi connectivity index (χ2v) is 7.96. The quantitative estimate of drug-likeness (QED) is 0.305. The van der Waals surface area contributed by atoms with Crippen LogP contribution in [0.3, 0.4) is 0 Å². The van der Waals surface area contributed by atoms with E-state index in [2.05, 4.69) is 15.3 Å². The lowest BCUT2D eigenvalue weighted by molar-refractivity contribution is 0.102. The number of hydrogen-bond donors (Lipinski definition) is 2. The number of para-hydroxylation sites is 2. The lowest BCUT2D eigenvalue weighted by Crippen LogP contribution is -2.15. The van der Waals surface area contributed by atoms with Crippen LogP contribution in [0.4, 0.5) is 5.69 Å². The van der Waals surface area contributed by atoms with Gasteiger partial charge in [0.1, 0.15) is 5.82 Å². The van der Waals surface area contributed by atoms with Crippen molar-refractivity contribution in [3.8, 4) is 11.4 Å². The molecule has 33 heavy (non-hydrogen) atoms. The maximum Gasteiger partial charge on any atom is 0.255 e. The van der Waals surface area contributed by atoms with Crippen molar-refractivity contribution < 1.29 is 9.59 Å². The molecule has 5 nitrogen and oxygen atoms in total. The lowest BCUT2D eigenvalue weighted by atomic mass is 10.0. The Morgan fingerprint density at radius 2 is 1.52 bits per heavy atom. The van der Waals surface area contributed by atoms with Gasteiger partial charge in [0.05, 0.1) is 16.7 Å². The number of carbonyl (C=O) groups excluding carboxylic acids is 2.